The molecule has 2 aliphatic carbocycles. The van der Waals surface area contributed by atoms with E-state index in [4.69, 9.17) is 0 Å². The second-order valence-corrected chi connectivity index (χ2v) is 6.44. The van der Waals surface area contributed by atoms with Gasteiger partial charge in [-0.2, -0.15) is 0 Å². The van der Waals surface area contributed by atoms with Crippen LogP contribution in [0.4, 0.5) is 11.4 Å². The van der Waals surface area contributed by atoms with E-state index in [2.05, 4.69) is 96.1 Å². The fraction of sp³-hybridized carbons (Fsp3) is 0.167. The van der Waals surface area contributed by atoms with Gasteiger partial charge in [-0.25, -0.2) is 0 Å². The van der Waals surface area contributed by atoms with Crippen molar-refractivity contribution in [3.8, 4) is 11.8 Å². The maximum atomic E-state index is 3.51. The van der Waals surface area contributed by atoms with Crippen molar-refractivity contribution in [2.24, 2.45) is 0 Å². The lowest BCUT2D eigenvalue weighted by Crippen LogP contribution is -1.97. The average Bonchev–Trinajstić information content (AvgIpc) is 2.70. The molecule has 0 aliphatic heterocycles. The highest BCUT2D eigenvalue weighted by Crippen LogP contribution is 2.27. The Morgan fingerprint density at radius 1 is 0.960 bits per heavy atom. The number of hydrogen-bond donors (Lipinski definition) is 1. The van der Waals surface area contributed by atoms with E-state index in [0.29, 0.717) is 5.92 Å². The normalized spacial score (nSPS) is 18.2. The fourth-order valence-corrected chi connectivity index (χ4v) is 3.26. The molecule has 1 atom stereocenters. The predicted octanol–water partition coefficient (Wildman–Crippen LogP) is 6.21. The maximum Gasteiger partial charge on any atom is 0.0390 e. The standard InChI is InChI=1S/C24H21N/c1-3-8-19(9-4-1)21-14-16-23(17-15-21)25-24-13-7-12-22(18-24)20-10-5-2-6-11-20/h1,3-4,7-8,10,12-19,25H,2,5,9H2. The lowest BCUT2D eigenvalue weighted by Gasteiger charge is -2.14. The first-order valence-corrected chi connectivity index (χ1v) is 8.88. The number of rotatable bonds is 4. The molecule has 0 bridgehead atoms. The molecule has 0 aromatic heterocycles. The first-order valence-electron chi connectivity index (χ1n) is 8.88. The molecule has 4 rings (SSSR count). The Labute approximate surface area is 149 Å². The predicted molar refractivity (Wildman–Crippen MR) is 107 cm³/mol. The molecule has 0 amide bonds. The Bertz CT molecular complexity index is 901. The number of hydrogen-bond acceptors (Lipinski definition) is 1. The van der Waals surface area contributed by atoms with E-state index in [1.807, 2.05) is 0 Å². The minimum absolute atomic E-state index is 0.499. The average molecular weight is 323 g/mol. The second kappa shape index (κ2) is 7.28. The van der Waals surface area contributed by atoms with E-state index in [9.17, 15) is 0 Å². The summed E-state index contributed by atoms with van der Waals surface area (Å²) in [6.07, 6.45) is 14.1. The number of benzene rings is 2. The first kappa shape index (κ1) is 15.5. The summed E-state index contributed by atoms with van der Waals surface area (Å²) in [7, 11) is 0. The highest BCUT2D eigenvalue weighted by molar-refractivity contribution is 5.81. The molecule has 0 radical (unpaired) electrons. The monoisotopic (exact) mass is 323 g/mol. The molecule has 122 valence electrons. The Morgan fingerprint density at radius 3 is 2.64 bits per heavy atom. The summed E-state index contributed by atoms with van der Waals surface area (Å²) in [5, 5.41) is 3.51. The molecule has 0 fully saturated rings. The topological polar surface area (TPSA) is 12.0 Å². The number of nitrogens with one attached hydrogen (secondary N) is 1. The summed E-state index contributed by atoms with van der Waals surface area (Å²) >= 11 is 0. The zero-order chi connectivity index (χ0) is 16.9. The first-order chi connectivity index (χ1) is 12.4. The summed E-state index contributed by atoms with van der Waals surface area (Å²) in [6, 6.07) is 17.2. The molecule has 2 aromatic rings. The summed E-state index contributed by atoms with van der Waals surface area (Å²) in [4.78, 5) is 0. The Morgan fingerprint density at radius 2 is 1.88 bits per heavy atom. The molecule has 2 aromatic carbocycles. The summed E-state index contributed by atoms with van der Waals surface area (Å²) in [6.45, 7) is 0. The van der Waals surface area contributed by atoms with Crippen molar-refractivity contribution in [2.75, 3.05) is 5.32 Å². The van der Waals surface area contributed by atoms with E-state index in [0.717, 1.165) is 36.2 Å². The van der Waals surface area contributed by atoms with Gasteiger partial charge in [0.2, 0.25) is 0 Å². The quantitative estimate of drug-likeness (QED) is 0.659. The van der Waals surface area contributed by atoms with Crippen LogP contribution in [-0.4, -0.2) is 0 Å². The molecule has 1 N–H and O–H groups in total. The van der Waals surface area contributed by atoms with Crippen molar-refractivity contribution >= 4 is 16.9 Å². The van der Waals surface area contributed by atoms with Gasteiger partial charge >= 0.3 is 0 Å². The van der Waals surface area contributed by atoms with Crippen LogP contribution in [0.2, 0.25) is 0 Å². The van der Waals surface area contributed by atoms with E-state index in [1.54, 1.807) is 0 Å². The third-order valence-electron chi connectivity index (χ3n) is 4.62. The van der Waals surface area contributed by atoms with Crippen molar-refractivity contribution in [2.45, 2.75) is 25.2 Å². The van der Waals surface area contributed by atoms with Gasteiger partial charge in [0, 0.05) is 29.3 Å². The summed E-state index contributed by atoms with van der Waals surface area (Å²) in [5.41, 5.74) is 5.90. The maximum absolute atomic E-state index is 3.51. The van der Waals surface area contributed by atoms with Crippen LogP contribution in [0.5, 0.6) is 0 Å². The van der Waals surface area contributed by atoms with Crippen LogP contribution in [0.15, 0.2) is 78.9 Å². The lowest BCUT2D eigenvalue weighted by molar-refractivity contribution is 0.854. The third kappa shape index (κ3) is 3.75. The Kier molecular flexibility index (Phi) is 4.53. The lowest BCUT2D eigenvalue weighted by atomic mass is 9.92. The van der Waals surface area contributed by atoms with Crippen LogP contribution in [0.3, 0.4) is 0 Å². The van der Waals surface area contributed by atoms with Crippen molar-refractivity contribution in [1.29, 1.82) is 0 Å². The molecule has 25 heavy (non-hydrogen) atoms. The van der Waals surface area contributed by atoms with Crippen LogP contribution >= 0.6 is 0 Å². The fourth-order valence-electron chi connectivity index (χ4n) is 3.26. The minimum atomic E-state index is 0.499. The molecular weight excluding hydrogens is 302 g/mol. The molecular formula is C24H21N. The summed E-state index contributed by atoms with van der Waals surface area (Å²) in [5.74, 6) is 6.93. The molecule has 1 heteroatoms. The van der Waals surface area contributed by atoms with Crippen molar-refractivity contribution in [3.63, 3.8) is 0 Å². The van der Waals surface area contributed by atoms with E-state index >= 15 is 0 Å². The van der Waals surface area contributed by atoms with Gasteiger partial charge in [-0.1, -0.05) is 66.5 Å². The third-order valence-corrected chi connectivity index (χ3v) is 4.62. The molecule has 2 aliphatic rings. The molecule has 1 unspecified atom stereocenters. The largest absolute Gasteiger partial charge is 0.356 e. The van der Waals surface area contributed by atoms with Gasteiger partial charge in [-0.15, -0.1) is 0 Å². The minimum Gasteiger partial charge on any atom is -0.356 e. The zero-order valence-electron chi connectivity index (χ0n) is 14.2. The number of allylic oxidation sites excluding steroid dienone is 6. The highest BCUT2D eigenvalue weighted by atomic mass is 14.9. The van der Waals surface area contributed by atoms with Gasteiger partial charge in [0.1, 0.15) is 0 Å². The Balaban J connectivity index is 1.49. The second-order valence-electron chi connectivity index (χ2n) is 6.44. The van der Waals surface area contributed by atoms with E-state index < -0.39 is 0 Å². The SMILES string of the molecule is C1#CC(c2cccc(Nc3ccc(C4C=CC=CC4)cc3)c2)=CCC1. The smallest absolute Gasteiger partial charge is 0.0390 e. The summed E-state index contributed by atoms with van der Waals surface area (Å²) < 4.78 is 0. The van der Waals surface area contributed by atoms with E-state index in [1.165, 1.54) is 11.1 Å². The Hall–Kier alpha value is -2.98. The van der Waals surface area contributed by atoms with Crippen molar-refractivity contribution in [1.82, 2.24) is 0 Å². The van der Waals surface area contributed by atoms with Gasteiger partial charge < -0.3 is 5.32 Å². The number of anilines is 2. The van der Waals surface area contributed by atoms with Gasteiger partial charge in [0.05, 0.1) is 0 Å². The van der Waals surface area contributed by atoms with Crippen LogP contribution in [0.25, 0.3) is 5.57 Å². The van der Waals surface area contributed by atoms with E-state index in [-0.39, 0.29) is 0 Å². The van der Waals surface area contributed by atoms with Crippen LogP contribution < -0.4 is 5.32 Å². The van der Waals surface area contributed by atoms with Gasteiger partial charge in [-0.3, -0.25) is 0 Å². The molecule has 0 heterocycles. The molecule has 0 spiro atoms. The van der Waals surface area contributed by atoms with Gasteiger partial charge in [0.25, 0.3) is 0 Å². The van der Waals surface area contributed by atoms with Crippen LogP contribution in [-0.2, 0) is 0 Å². The van der Waals surface area contributed by atoms with Crippen molar-refractivity contribution in [3.05, 3.63) is 90.0 Å². The zero-order valence-corrected chi connectivity index (χ0v) is 14.2. The van der Waals surface area contributed by atoms with Gasteiger partial charge in [0.15, 0.2) is 0 Å². The highest BCUT2D eigenvalue weighted by Gasteiger charge is 2.08. The van der Waals surface area contributed by atoms with Crippen molar-refractivity contribution < 1.29 is 0 Å². The van der Waals surface area contributed by atoms with Crippen LogP contribution in [0, 0.1) is 11.8 Å². The van der Waals surface area contributed by atoms with Gasteiger partial charge in [-0.05, 0) is 48.2 Å². The van der Waals surface area contributed by atoms with Crippen LogP contribution in [0.1, 0.15) is 36.3 Å². The molecule has 0 saturated carbocycles. The molecule has 1 nitrogen and oxygen atoms in total. The molecule has 0 saturated heterocycles.